The van der Waals surface area contributed by atoms with Gasteiger partial charge in [-0.2, -0.15) is 0 Å². The number of benzene rings is 3. The zero-order chi connectivity index (χ0) is 19.5. The van der Waals surface area contributed by atoms with Gasteiger partial charge in [-0.1, -0.05) is 76.6 Å². The molecule has 0 unspecified atom stereocenters. The van der Waals surface area contributed by atoms with E-state index in [1.165, 1.54) is 0 Å². The molecule has 3 nitrogen and oxygen atoms in total. The van der Waals surface area contributed by atoms with Crippen LogP contribution in [0.5, 0.6) is 0 Å². The SMILES string of the molecule is Cc1nc2ccccc2c(-c2ccccc2)c1C(=O)NCc1ccc(Br)cc1. The molecule has 0 fully saturated rings. The molecule has 4 heteroatoms. The van der Waals surface area contributed by atoms with E-state index in [0.717, 1.165) is 37.8 Å². The van der Waals surface area contributed by atoms with Crippen molar-refractivity contribution < 1.29 is 4.79 Å². The van der Waals surface area contributed by atoms with E-state index in [4.69, 9.17) is 0 Å². The molecule has 0 saturated heterocycles. The molecule has 1 amide bonds. The fraction of sp³-hybridized carbons (Fsp3) is 0.0833. The van der Waals surface area contributed by atoms with Crippen LogP contribution in [-0.4, -0.2) is 10.9 Å². The first-order valence-electron chi connectivity index (χ1n) is 9.11. The largest absolute Gasteiger partial charge is 0.348 e. The third-order valence-electron chi connectivity index (χ3n) is 4.73. The quantitative estimate of drug-likeness (QED) is 0.437. The highest BCUT2D eigenvalue weighted by molar-refractivity contribution is 9.10. The zero-order valence-electron chi connectivity index (χ0n) is 15.4. The van der Waals surface area contributed by atoms with Gasteiger partial charge in [-0.05, 0) is 36.2 Å². The maximum Gasteiger partial charge on any atom is 0.254 e. The monoisotopic (exact) mass is 430 g/mol. The molecule has 0 radical (unpaired) electrons. The molecule has 0 bridgehead atoms. The number of halogens is 1. The van der Waals surface area contributed by atoms with Gasteiger partial charge in [0.25, 0.3) is 5.91 Å². The summed E-state index contributed by atoms with van der Waals surface area (Å²) in [5.74, 6) is -0.113. The van der Waals surface area contributed by atoms with E-state index in [0.29, 0.717) is 12.1 Å². The molecular formula is C24H19BrN2O. The number of aryl methyl sites for hydroxylation is 1. The second-order valence-corrected chi connectivity index (χ2v) is 7.56. The molecule has 3 aromatic carbocycles. The number of para-hydroxylation sites is 1. The topological polar surface area (TPSA) is 42.0 Å². The molecule has 1 N–H and O–H groups in total. The Labute approximate surface area is 172 Å². The van der Waals surface area contributed by atoms with Gasteiger partial charge in [0.1, 0.15) is 0 Å². The maximum atomic E-state index is 13.2. The molecule has 1 heterocycles. The van der Waals surface area contributed by atoms with Gasteiger partial charge in [0.05, 0.1) is 16.8 Å². The van der Waals surface area contributed by atoms with Crippen molar-refractivity contribution in [2.24, 2.45) is 0 Å². The summed E-state index contributed by atoms with van der Waals surface area (Å²) in [7, 11) is 0. The first-order valence-corrected chi connectivity index (χ1v) is 9.90. The number of pyridine rings is 1. The van der Waals surface area contributed by atoms with Crippen LogP contribution in [0.25, 0.3) is 22.0 Å². The van der Waals surface area contributed by atoms with E-state index in [1.807, 2.05) is 85.8 Å². The van der Waals surface area contributed by atoms with Crippen LogP contribution in [0.4, 0.5) is 0 Å². The summed E-state index contributed by atoms with van der Waals surface area (Å²) in [6.07, 6.45) is 0. The normalized spacial score (nSPS) is 10.8. The molecule has 138 valence electrons. The standard InChI is InChI=1S/C24H19BrN2O/c1-16-22(24(28)26-15-17-11-13-19(25)14-12-17)23(18-7-3-2-4-8-18)20-9-5-6-10-21(20)27-16/h2-14H,15H2,1H3,(H,26,28). The average molecular weight is 431 g/mol. The van der Waals surface area contributed by atoms with Gasteiger partial charge in [0, 0.05) is 22.0 Å². The predicted octanol–water partition coefficient (Wildman–Crippen LogP) is 5.90. The molecule has 0 aliphatic carbocycles. The number of nitrogens with zero attached hydrogens (tertiary/aromatic N) is 1. The third kappa shape index (κ3) is 3.69. The van der Waals surface area contributed by atoms with Crippen molar-refractivity contribution in [3.8, 4) is 11.1 Å². The Morgan fingerprint density at radius 2 is 1.61 bits per heavy atom. The maximum absolute atomic E-state index is 13.2. The van der Waals surface area contributed by atoms with Crippen LogP contribution in [0.3, 0.4) is 0 Å². The lowest BCUT2D eigenvalue weighted by Gasteiger charge is -2.16. The van der Waals surface area contributed by atoms with Crippen molar-refractivity contribution in [3.63, 3.8) is 0 Å². The van der Waals surface area contributed by atoms with Gasteiger partial charge in [-0.25, -0.2) is 0 Å². The lowest BCUT2D eigenvalue weighted by molar-refractivity contribution is 0.0950. The van der Waals surface area contributed by atoms with E-state index in [1.54, 1.807) is 0 Å². The highest BCUT2D eigenvalue weighted by Crippen LogP contribution is 2.33. The molecular weight excluding hydrogens is 412 g/mol. The van der Waals surface area contributed by atoms with Gasteiger partial charge in [-0.3, -0.25) is 9.78 Å². The van der Waals surface area contributed by atoms with Gasteiger partial charge < -0.3 is 5.32 Å². The number of nitrogens with one attached hydrogen (secondary N) is 1. The van der Waals surface area contributed by atoms with Crippen molar-refractivity contribution in [3.05, 3.63) is 100 Å². The lowest BCUT2D eigenvalue weighted by Crippen LogP contribution is -2.25. The number of hydrogen-bond acceptors (Lipinski definition) is 2. The molecule has 4 aromatic rings. The van der Waals surface area contributed by atoms with Gasteiger partial charge in [0.2, 0.25) is 0 Å². The molecule has 0 aliphatic rings. The van der Waals surface area contributed by atoms with Crippen molar-refractivity contribution in [1.29, 1.82) is 0 Å². The summed E-state index contributed by atoms with van der Waals surface area (Å²) in [4.78, 5) is 17.9. The van der Waals surface area contributed by atoms with E-state index >= 15 is 0 Å². The molecule has 1 aromatic heterocycles. The highest BCUT2D eigenvalue weighted by atomic mass is 79.9. The number of carbonyl (C=O) groups is 1. The van der Waals surface area contributed by atoms with E-state index in [2.05, 4.69) is 26.2 Å². The van der Waals surface area contributed by atoms with Crippen LogP contribution in [0, 0.1) is 6.92 Å². The Hall–Kier alpha value is -2.98. The van der Waals surface area contributed by atoms with E-state index < -0.39 is 0 Å². The summed E-state index contributed by atoms with van der Waals surface area (Å²) in [6, 6.07) is 25.9. The van der Waals surface area contributed by atoms with Gasteiger partial charge in [-0.15, -0.1) is 0 Å². The Bertz CT molecular complexity index is 1140. The summed E-state index contributed by atoms with van der Waals surface area (Å²) < 4.78 is 1.02. The Morgan fingerprint density at radius 1 is 0.929 bits per heavy atom. The predicted molar refractivity (Wildman–Crippen MR) is 117 cm³/mol. The first-order chi connectivity index (χ1) is 13.6. The van der Waals surface area contributed by atoms with Crippen molar-refractivity contribution >= 4 is 32.7 Å². The Kier molecular flexibility index (Phi) is 5.22. The summed E-state index contributed by atoms with van der Waals surface area (Å²) in [5.41, 5.74) is 5.23. The molecule has 4 rings (SSSR count). The number of fused-ring (bicyclic) bond motifs is 1. The van der Waals surface area contributed by atoms with Crippen LogP contribution in [0.2, 0.25) is 0 Å². The summed E-state index contributed by atoms with van der Waals surface area (Å²) >= 11 is 3.43. The molecule has 0 spiro atoms. The second-order valence-electron chi connectivity index (χ2n) is 6.64. The van der Waals surface area contributed by atoms with Crippen molar-refractivity contribution in [2.75, 3.05) is 0 Å². The molecule has 28 heavy (non-hydrogen) atoms. The minimum absolute atomic E-state index is 0.113. The average Bonchev–Trinajstić information content (AvgIpc) is 2.72. The third-order valence-corrected chi connectivity index (χ3v) is 5.26. The first kappa shape index (κ1) is 18.4. The minimum Gasteiger partial charge on any atom is -0.348 e. The second kappa shape index (κ2) is 7.95. The number of amides is 1. The van der Waals surface area contributed by atoms with Crippen molar-refractivity contribution in [2.45, 2.75) is 13.5 Å². The molecule has 0 saturated carbocycles. The van der Waals surface area contributed by atoms with Crippen LogP contribution < -0.4 is 5.32 Å². The lowest BCUT2D eigenvalue weighted by atomic mass is 9.94. The Morgan fingerprint density at radius 3 is 2.36 bits per heavy atom. The minimum atomic E-state index is -0.113. The van der Waals surface area contributed by atoms with E-state index in [-0.39, 0.29) is 5.91 Å². The van der Waals surface area contributed by atoms with Crippen LogP contribution in [0.15, 0.2) is 83.3 Å². The number of carbonyl (C=O) groups excluding carboxylic acids is 1. The molecule has 0 atom stereocenters. The summed E-state index contributed by atoms with van der Waals surface area (Å²) in [5, 5.41) is 4.04. The smallest absolute Gasteiger partial charge is 0.254 e. The number of hydrogen-bond donors (Lipinski definition) is 1. The van der Waals surface area contributed by atoms with E-state index in [9.17, 15) is 4.79 Å². The number of rotatable bonds is 4. The van der Waals surface area contributed by atoms with Crippen molar-refractivity contribution in [1.82, 2.24) is 10.3 Å². The Balaban J connectivity index is 1.78. The zero-order valence-corrected chi connectivity index (χ0v) is 17.0. The van der Waals surface area contributed by atoms with Gasteiger partial charge in [0.15, 0.2) is 0 Å². The van der Waals surface area contributed by atoms with Crippen LogP contribution >= 0.6 is 15.9 Å². The molecule has 0 aliphatic heterocycles. The fourth-order valence-corrected chi connectivity index (χ4v) is 3.65. The number of aromatic nitrogens is 1. The van der Waals surface area contributed by atoms with Gasteiger partial charge >= 0.3 is 0 Å². The highest BCUT2D eigenvalue weighted by Gasteiger charge is 2.20. The summed E-state index contributed by atoms with van der Waals surface area (Å²) in [6.45, 7) is 2.36. The van der Waals surface area contributed by atoms with Crippen LogP contribution in [-0.2, 0) is 6.54 Å². The van der Waals surface area contributed by atoms with Crippen LogP contribution in [0.1, 0.15) is 21.6 Å². The fourth-order valence-electron chi connectivity index (χ4n) is 3.39.